The van der Waals surface area contributed by atoms with E-state index in [1.807, 2.05) is 4.90 Å². The molecule has 0 aromatic rings. The van der Waals surface area contributed by atoms with Gasteiger partial charge in [-0.2, -0.15) is 0 Å². The zero-order chi connectivity index (χ0) is 18.4. The molecule has 0 saturated carbocycles. The average molecular weight is 353 g/mol. The minimum absolute atomic E-state index is 0.0154. The molecule has 0 spiro atoms. The average Bonchev–Trinajstić information content (AvgIpc) is 2.59. The maximum Gasteiger partial charge on any atom is 0.242 e. The Morgan fingerprint density at radius 1 is 0.960 bits per heavy atom. The predicted molar refractivity (Wildman–Crippen MR) is 94.6 cm³/mol. The molecule has 2 atom stereocenters. The number of carbonyl (C=O) groups is 3. The number of piperazine rings is 1. The normalized spacial score (nSPS) is 24.9. The molecule has 142 valence electrons. The summed E-state index contributed by atoms with van der Waals surface area (Å²) in [5.41, 5.74) is 5.20. The van der Waals surface area contributed by atoms with Crippen LogP contribution in [-0.2, 0) is 14.4 Å². The number of hydrogen-bond acceptors (Lipinski definition) is 5. The van der Waals surface area contributed by atoms with E-state index in [0.29, 0.717) is 44.6 Å². The van der Waals surface area contributed by atoms with E-state index >= 15 is 0 Å². The van der Waals surface area contributed by atoms with Gasteiger partial charge in [0.05, 0.1) is 19.6 Å². The molecule has 3 amide bonds. The van der Waals surface area contributed by atoms with E-state index in [9.17, 15) is 14.4 Å². The lowest BCUT2D eigenvalue weighted by atomic mass is 9.92. The second kappa shape index (κ2) is 9.15. The second-order valence-corrected chi connectivity index (χ2v) is 7.38. The first-order valence-corrected chi connectivity index (χ1v) is 9.13. The molecule has 0 aliphatic carbocycles. The van der Waals surface area contributed by atoms with Gasteiger partial charge in [0.2, 0.25) is 17.7 Å². The van der Waals surface area contributed by atoms with Gasteiger partial charge < -0.3 is 20.9 Å². The highest BCUT2D eigenvalue weighted by atomic mass is 16.2. The third kappa shape index (κ3) is 5.97. The zero-order valence-corrected chi connectivity index (χ0v) is 15.4. The molecule has 2 aliphatic heterocycles. The highest BCUT2D eigenvalue weighted by Crippen LogP contribution is 2.21. The fourth-order valence-electron chi connectivity index (χ4n) is 3.67. The van der Waals surface area contributed by atoms with Gasteiger partial charge in [-0.1, -0.05) is 13.8 Å². The minimum atomic E-state index is -0.331. The SMILES string of the molecule is CC1CC(C)CN(C(=O)CN2CCN(C(=O)CNC(=O)CN)CC2)C1. The van der Waals surface area contributed by atoms with Gasteiger partial charge in [-0.3, -0.25) is 19.3 Å². The highest BCUT2D eigenvalue weighted by molar-refractivity contribution is 5.85. The molecule has 2 fully saturated rings. The maximum atomic E-state index is 12.5. The first-order valence-electron chi connectivity index (χ1n) is 9.13. The van der Waals surface area contributed by atoms with Crippen LogP contribution in [-0.4, -0.2) is 91.3 Å². The molecule has 0 aromatic heterocycles. The topological polar surface area (TPSA) is 99.0 Å². The van der Waals surface area contributed by atoms with Gasteiger partial charge in [0.15, 0.2) is 0 Å². The fraction of sp³-hybridized carbons (Fsp3) is 0.824. The minimum Gasteiger partial charge on any atom is -0.346 e. The van der Waals surface area contributed by atoms with Crippen LogP contribution in [0.3, 0.4) is 0 Å². The summed E-state index contributed by atoms with van der Waals surface area (Å²) in [5, 5.41) is 2.49. The van der Waals surface area contributed by atoms with Crippen molar-refractivity contribution in [2.24, 2.45) is 17.6 Å². The number of nitrogens with one attached hydrogen (secondary N) is 1. The van der Waals surface area contributed by atoms with E-state index in [4.69, 9.17) is 5.73 Å². The molecule has 2 rings (SSSR count). The van der Waals surface area contributed by atoms with E-state index in [-0.39, 0.29) is 30.8 Å². The zero-order valence-electron chi connectivity index (χ0n) is 15.4. The van der Waals surface area contributed by atoms with E-state index in [1.165, 1.54) is 6.42 Å². The molecule has 8 nitrogen and oxygen atoms in total. The Labute approximate surface area is 149 Å². The Morgan fingerprint density at radius 3 is 2.12 bits per heavy atom. The van der Waals surface area contributed by atoms with Crippen molar-refractivity contribution >= 4 is 17.7 Å². The van der Waals surface area contributed by atoms with Crippen LogP contribution in [0.5, 0.6) is 0 Å². The Kier molecular flexibility index (Phi) is 7.19. The van der Waals surface area contributed by atoms with Crippen LogP contribution >= 0.6 is 0 Å². The molecule has 2 saturated heterocycles. The first-order chi connectivity index (χ1) is 11.9. The Morgan fingerprint density at radius 2 is 1.56 bits per heavy atom. The number of amides is 3. The van der Waals surface area contributed by atoms with Crippen LogP contribution in [0.25, 0.3) is 0 Å². The van der Waals surface area contributed by atoms with Crippen LogP contribution in [0.4, 0.5) is 0 Å². The molecule has 2 heterocycles. The first kappa shape index (κ1) is 19.7. The molecule has 3 N–H and O–H groups in total. The number of nitrogens with zero attached hydrogens (tertiary/aromatic N) is 3. The molecule has 0 aromatic carbocycles. The van der Waals surface area contributed by atoms with Crippen LogP contribution in [0, 0.1) is 11.8 Å². The Hall–Kier alpha value is -1.67. The highest BCUT2D eigenvalue weighted by Gasteiger charge is 2.28. The van der Waals surface area contributed by atoms with E-state index < -0.39 is 0 Å². The van der Waals surface area contributed by atoms with Gasteiger partial charge in [-0.05, 0) is 18.3 Å². The summed E-state index contributed by atoms with van der Waals surface area (Å²) in [4.78, 5) is 41.5. The Balaban J connectivity index is 1.72. The third-order valence-corrected chi connectivity index (χ3v) is 4.93. The summed E-state index contributed by atoms with van der Waals surface area (Å²) in [6, 6.07) is 0. The molecule has 8 heteroatoms. The van der Waals surface area contributed by atoms with E-state index in [2.05, 4.69) is 24.1 Å². The molecular weight excluding hydrogens is 322 g/mol. The van der Waals surface area contributed by atoms with Crippen molar-refractivity contribution in [2.45, 2.75) is 20.3 Å². The lowest BCUT2D eigenvalue weighted by Crippen LogP contribution is -2.54. The Bertz CT molecular complexity index is 481. The van der Waals surface area contributed by atoms with Crippen molar-refractivity contribution in [1.82, 2.24) is 20.0 Å². The van der Waals surface area contributed by atoms with Crippen molar-refractivity contribution in [1.29, 1.82) is 0 Å². The molecule has 0 bridgehead atoms. The molecular formula is C17H31N5O3. The van der Waals surface area contributed by atoms with Crippen molar-refractivity contribution in [2.75, 3.05) is 58.9 Å². The monoisotopic (exact) mass is 353 g/mol. The number of hydrogen-bond donors (Lipinski definition) is 2. The lowest BCUT2D eigenvalue weighted by molar-refractivity contribution is -0.137. The number of likely N-dealkylation sites (tertiary alicyclic amines) is 1. The maximum absolute atomic E-state index is 12.5. The number of rotatable bonds is 5. The summed E-state index contributed by atoms with van der Waals surface area (Å²) >= 11 is 0. The molecule has 25 heavy (non-hydrogen) atoms. The molecule has 2 aliphatic rings. The van der Waals surface area contributed by atoms with E-state index in [1.54, 1.807) is 4.90 Å². The van der Waals surface area contributed by atoms with Crippen LogP contribution < -0.4 is 11.1 Å². The summed E-state index contributed by atoms with van der Waals surface area (Å²) < 4.78 is 0. The third-order valence-electron chi connectivity index (χ3n) is 4.93. The van der Waals surface area contributed by atoms with Gasteiger partial charge >= 0.3 is 0 Å². The van der Waals surface area contributed by atoms with Gasteiger partial charge in [0, 0.05) is 39.3 Å². The summed E-state index contributed by atoms with van der Waals surface area (Å²) in [6.45, 7) is 8.91. The standard InChI is InChI=1S/C17H31N5O3/c1-13-7-14(2)11-22(10-13)17(25)12-20-3-5-21(6-4-20)16(24)9-19-15(23)8-18/h13-14H,3-12,18H2,1-2H3,(H,19,23). The van der Waals surface area contributed by atoms with Crippen LogP contribution in [0.1, 0.15) is 20.3 Å². The van der Waals surface area contributed by atoms with Gasteiger partial charge in [0.25, 0.3) is 0 Å². The number of piperidine rings is 1. The molecule has 2 unspecified atom stereocenters. The van der Waals surface area contributed by atoms with E-state index in [0.717, 1.165) is 13.1 Å². The van der Waals surface area contributed by atoms with Crippen molar-refractivity contribution in [3.8, 4) is 0 Å². The fourth-order valence-corrected chi connectivity index (χ4v) is 3.67. The van der Waals surface area contributed by atoms with Crippen LogP contribution in [0.2, 0.25) is 0 Å². The van der Waals surface area contributed by atoms with Gasteiger partial charge in [0.1, 0.15) is 0 Å². The lowest BCUT2D eigenvalue weighted by Gasteiger charge is -2.38. The quantitative estimate of drug-likeness (QED) is 0.641. The smallest absolute Gasteiger partial charge is 0.242 e. The summed E-state index contributed by atoms with van der Waals surface area (Å²) in [6.07, 6.45) is 1.19. The van der Waals surface area contributed by atoms with Gasteiger partial charge in [-0.15, -0.1) is 0 Å². The van der Waals surface area contributed by atoms with Crippen molar-refractivity contribution in [3.05, 3.63) is 0 Å². The number of nitrogens with two attached hydrogens (primary N) is 1. The summed E-state index contributed by atoms with van der Waals surface area (Å²) in [5.74, 6) is 0.874. The molecule has 0 radical (unpaired) electrons. The second-order valence-electron chi connectivity index (χ2n) is 7.38. The summed E-state index contributed by atoms with van der Waals surface area (Å²) in [7, 11) is 0. The van der Waals surface area contributed by atoms with Gasteiger partial charge in [-0.25, -0.2) is 0 Å². The number of carbonyl (C=O) groups excluding carboxylic acids is 3. The predicted octanol–water partition coefficient (Wildman–Crippen LogP) is -1.29. The largest absolute Gasteiger partial charge is 0.346 e. The van der Waals surface area contributed by atoms with Crippen LogP contribution in [0.15, 0.2) is 0 Å². The van der Waals surface area contributed by atoms with Crippen molar-refractivity contribution in [3.63, 3.8) is 0 Å². The van der Waals surface area contributed by atoms with Crippen molar-refractivity contribution < 1.29 is 14.4 Å².